The van der Waals surface area contributed by atoms with Gasteiger partial charge >= 0.3 is 0 Å². The molecule has 0 aromatic carbocycles. The van der Waals surface area contributed by atoms with Crippen LogP contribution in [0, 0.1) is 11.8 Å². The third-order valence-corrected chi connectivity index (χ3v) is 4.12. The Labute approximate surface area is 118 Å². The van der Waals surface area contributed by atoms with Gasteiger partial charge in [0, 0.05) is 27.6 Å². The first-order chi connectivity index (χ1) is 9.17. The molecule has 19 heavy (non-hydrogen) atoms. The zero-order chi connectivity index (χ0) is 13.7. The summed E-state index contributed by atoms with van der Waals surface area (Å²) in [5.74, 6) is 6.72. The lowest BCUT2D eigenvalue weighted by atomic mass is 10.3. The Bertz CT molecular complexity index is 681. The lowest BCUT2D eigenvalue weighted by molar-refractivity contribution is 0.945. The second-order valence-electron chi connectivity index (χ2n) is 3.57. The summed E-state index contributed by atoms with van der Waals surface area (Å²) in [5, 5.41) is 2.50. The number of rotatable bonds is 3. The van der Waals surface area contributed by atoms with Crippen molar-refractivity contribution in [3.63, 3.8) is 0 Å². The van der Waals surface area contributed by atoms with E-state index in [9.17, 15) is 4.79 Å². The van der Waals surface area contributed by atoms with Gasteiger partial charge in [-0.15, -0.1) is 11.3 Å². The van der Waals surface area contributed by atoms with Gasteiger partial charge in [-0.25, -0.2) is 4.98 Å². The van der Waals surface area contributed by atoms with Crippen LogP contribution in [-0.2, 0) is 5.75 Å². The lowest BCUT2D eigenvalue weighted by Crippen LogP contribution is -2.09. The number of aromatic nitrogens is 2. The van der Waals surface area contributed by atoms with Gasteiger partial charge in [-0.2, -0.15) is 0 Å². The van der Waals surface area contributed by atoms with Crippen molar-refractivity contribution in [2.75, 3.05) is 12.3 Å². The number of thiophene rings is 1. The molecule has 0 atom stereocenters. The fourth-order valence-electron chi connectivity index (χ4n) is 1.34. The highest BCUT2D eigenvalue weighted by molar-refractivity contribution is 7.98. The average molecular weight is 292 g/mol. The minimum Gasteiger partial charge on any atom is -0.383 e. The monoisotopic (exact) mass is 292 g/mol. The van der Waals surface area contributed by atoms with E-state index >= 15 is 0 Å². The van der Waals surface area contributed by atoms with Crippen LogP contribution in [0.2, 0.25) is 0 Å². The molecule has 0 aliphatic heterocycles. The second kappa shape index (κ2) is 6.43. The van der Waals surface area contributed by atoms with E-state index < -0.39 is 0 Å². The van der Waals surface area contributed by atoms with E-state index in [1.54, 1.807) is 11.3 Å². The van der Waals surface area contributed by atoms with E-state index in [1.165, 1.54) is 17.8 Å². The molecule has 7 heteroatoms. The van der Waals surface area contributed by atoms with E-state index in [1.807, 2.05) is 11.4 Å². The Morgan fingerprint density at radius 2 is 2.32 bits per heavy atom. The molecule has 0 saturated heterocycles. The zero-order valence-electron chi connectivity index (χ0n) is 9.97. The number of thioether (sulfide) groups is 1. The first-order valence-corrected chi connectivity index (χ1v) is 7.30. The summed E-state index contributed by atoms with van der Waals surface area (Å²) in [7, 11) is 0. The molecule has 0 spiro atoms. The fraction of sp³-hybridized carbons (Fsp3) is 0.167. The van der Waals surface area contributed by atoms with Gasteiger partial charge in [-0.05, 0) is 6.07 Å². The molecule has 0 fully saturated rings. The molecule has 5 nitrogen and oxygen atoms in total. The molecule has 5 N–H and O–H groups in total. The SMILES string of the molecule is NCC#Cc1csc(CSc2nc(N)cc(=O)[nH]2)c1. The van der Waals surface area contributed by atoms with Crippen molar-refractivity contribution in [1.29, 1.82) is 0 Å². The number of anilines is 1. The first kappa shape index (κ1) is 13.7. The number of hydrogen-bond acceptors (Lipinski definition) is 6. The van der Waals surface area contributed by atoms with Crippen molar-refractivity contribution >= 4 is 28.9 Å². The largest absolute Gasteiger partial charge is 0.383 e. The summed E-state index contributed by atoms with van der Waals surface area (Å²) in [6, 6.07) is 3.26. The van der Waals surface area contributed by atoms with Gasteiger partial charge in [-0.3, -0.25) is 4.79 Å². The maximum absolute atomic E-state index is 11.2. The van der Waals surface area contributed by atoms with Crippen molar-refractivity contribution in [1.82, 2.24) is 9.97 Å². The van der Waals surface area contributed by atoms with Crippen LogP contribution in [0.3, 0.4) is 0 Å². The summed E-state index contributed by atoms with van der Waals surface area (Å²) in [4.78, 5) is 19.1. The maximum atomic E-state index is 11.2. The van der Waals surface area contributed by atoms with E-state index in [4.69, 9.17) is 11.5 Å². The quantitative estimate of drug-likeness (QED) is 0.446. The molecule has 0 bridgehead atoms. The molecule has 0 saturated carbocycles. The molecule has 0 unspecified atom stereocenters. The zero-order valence-corrected chi connectivity index (χ0v) is 11.6. The maximum Gasteiger partial charge on any atom is 0.253 e. The van der Waals surface area contributed by atoms with E-state index in [0.717, 1.165) is 10.4 Å². The summed E-state index contributed by atoms with van der Waals surface area (Å²) in [5.41, 5.74) is 11.6. The van der Waals surface area contributed by atoms with Crippen LogP contribution in [0.15, 0.2) is 27.5 Å². The van der Waals surface area contributed by atoms with Crippen LogP contribution in [-0.4, -0.2) is 16.5 Å². The molecule has 98 valence electrons. The summed E-state index contributed by atoms with van der Waals surface area (Å²) in [6.45, 7) is 0.356. The summed E-state index contributed by atoms with van der Waals surface area (Å²) >= 11 is 3.04. The number of nitrogens with zero attached hydrogens (tertiary/aromatic N) is 1. The van der Waals surface area contributed by atoms with Crippen molar-refractivity contribution in [2.45, 2.75) is 10.9 Å². The van der Waals surface area contributed by atoms with Crippen LogP contribution >= 0.6 is 23.1 Å². The number of aromatic amines is 1. The van der Waals surface area contributed by atoms with Gasteiger partial charge in [0.25, 0.3) is 5.56 Å². The molecule has 2 aromatic heterocycles. The van der Waals surface area contributed by atoms with Gasteiger partial charge in [0.15, 0.2) is 5.16 Å². The third kappa shape index (κ3) is 4.13. The Balaban J connectivity index is 2.02. The predicted octanol–water partition coefficient (Wildman–Crippen LogP) is 1.02. The number of nitrogens with two attached hydrogens (primary N) is 2. The summed E-state index contributed by atoms with van der Waals surface area (Å²) < 4.78 is 0. The molecular weight excluding hydrogens is 280 g/mol. The van der Waals surface area contributed by atoms with E-state index in [-0.39, 0.29) is 11.4 Å². The van der Waals surface area contributed by atoms with Crippen molar-refractivity contribution < 1.29 is 0 Å². The summed E-state index contributed by atoms with van der Waals surface area (Å²) in [6.07, 6.45) is 0. The van der Waals surface area contributed by atoms with Crippen LogP contribution < -0.4 is 17.0 Å². The molecule has 0 aliphatic rings. The molecule has 2 heterocycles. The standard InChI is InChI=1S/C12H12N4OS2/c13-3-1-2-8-4-9(18-6-8)7-19-12-15-10(14)5-11(17)16-12/h4-6H,3,7,13H2,(H3,14,15,16,17). The molecular formula is C12H12N4OS2. The van der Waals surface area contributed by atoms with Crippen molar-refractivity contribution in [3.8, 4) is 11.8 Å². The molecule has 2 rings (SSSR count). The minimum absolute atomic E-state index is 0.229. The Morgan fingerprint density at radius 3 is 3.05 bits per heavy atom. The first-order valence-electron chi connectivity index (χ1n) is 5.43. The highest BCUT2D eigenvalue weighted by Crippen LogP contribution is 2.23. The van der Waals surface area contributed by atoms with Crippen molar-refractivity contribution in [3.05, 3.63) is 38.3 Å². The minimum atomic E-state index is -0.240. The van der Waals surface area contributed by atoms with Gasteiger partial charge in [-0.1, -0.05) is 23.6 Å². The number of H-pyrrole nitrogens is 1. The molecule has 0 aliphatic carbocycles. The highest BCUT2D eigenvalue weighted by Gasteiger charge is 2.03. The van der Waals surface area contributed by atoms with E-state index in [0.29, 0.717) is 17.5 Å². The van der Waals surface area contributed by atoms with Crippen LogP contribution in [0.1, 0.15) is 10.4 Å². The smallest absolute Gasteiger partial charge is 0.253 e. The Hall–Kier alpha value is -1.75. The second-order valence-corrected chi connectivity index (χ2v) is 5.53. The normalized spacial score (nSPS) is 9.95. The molecule has 0 amide bonds. The van der Waals surface area contributed by atoms with Crippen LogP contribution in [0.5, 0.6) is 0 Å². The number of nitrogens with one attached hydrogen (secondary N) is 1. The third-order valence-electron chi connectivity index (χ3n) is 2.08. The molecule has 0 radical (unpaired) electrons. The lowest BCUT2D eigenvalue weighted by Gasteiger charge is -1.99. The Kier molecular flexibility index (Phi) is 4.63. The van der Waals surface area contributed by atoms with Crippen LogP contribution in [0.25, 0.3) is 0 Å². The number of nitrogen functional groups attached to an aromatic ring is 1. The topological polar surface area (TPSA) is 97.8 Å². The Morgan fingerprint density at radius 1 is 1.47 bits per heavy atom. The number of hydrogen-bond donors (Lipinski definition) is 3. The van der Waals surface area contributed by atoms with Crippen molar-refractivity contribution in [2.24, 2.45) is 5.73 Å². The molecule has 2 aromatic rings. The van der Waals surface area contributed by atoms with Crippen LogP contribution in [0.4, 0.5) is 5.82 Å². The predicted molar refractivity (Wildman–Crippen MR) is 79.1 cm³/mol. The highest BCUT2D eigenvalue weighted by atomic mass is 32.2. The van der Waals surface area contributed by atoms with Gasteiger partial charge < -0.3 is 16.5 Å². The van der Waals surface area contributed by atoms with Gasteiger partial charge in [0.05, 0.1) is 6.54 Å². The average Bonchev–Trinajstić information content (AvgIpc) is 2.81. The van der Waals surface area contributed by atoms with Gasteiger partial charge in [0.2, 0.25) is 0 Å². The van der Waals surface area contributed by atoms with E-state index in [2.05, 4.69) is 21.8 Å². The fourth-order valence-corrected chi connectivity index (χ4v) is 3.09. The van der Waals surface area contributed by atoms with Gasteiger partial charge in [0.1, 0.15) is 5.82 Å².